The lowest BCUT2D eigenvalue weighted by Gasteiger charge is -2.13. The maximum atomic E-state index is 5.64. The van der Waals surface area contributed by atoms with Gasteiger partial charge >= 0.3 is 0 Å². The summed E-state index contributed by atoms with van der Waals surface area (Å²) in [5.74, 6) is 2.89. The Hall–Kier alpha value is -1.62. The predicted molar refractivity (Wildman–Crippen MR) is 113 cm³/mol. The van der Waals surface area contributed by atoms with Crippen molar-refractivity contribution in [1.82, 2.24) is 25.0 Å². The lowest BCUT2D eigenvalue weighted by molar-refractivity contribution is 0.120. The van der Waals surface area contributed by atoms with Crippen molar-refractivity contribution in [1.29, 1.82) is 0 Å². The van der Waals surface area contributed by atoms with Crippen LogP contribution in [0.2, 0.25) is 0 Å². The Bertz CT molecular complexity index is 925. The molecule has 2 atom stereocenters. The minimum absolute atomic E-state index is 0.305. The molecule has 0 bridgehead atoms. The van der Waals surface area contributed by atoms with E-state index in [0.717, 1.165) is 63.5 Å². The standard InChI is InChI=1S/C18H20N6OS3/c1-2-5-12(6-3-1)15-20-22-17-24(15)13(10-26-17)11-27-18-23-21-16(28-18)19-9-14-7-4-8-25-14/h1-3,5-6,13-14H,4,7-11H2,(H,19,21)/t13-,14-/m1/s1. The highest BCUT2D eigenvalue weighted by Crippen LogP contribution is 2.39. The van der Waals surface area contributed by atoms with Crippen LogP contribution in [0, 0.1) is 0 Å². The van der Waals surface area contributed by atoms with Crippen molar-refractivity contribution in [2.45, 2.75) is 34.5 Å². The average molecular weight is 433 g/mol. The molecular weight excluding hydrogens is 412 g/mol. The molecular formula is C18H20N6OS3. The molecule has 7 nitrogen and oxygen atoms in total. The zero-order valence-electron chi connectivity index (χ0n) is 15.2. The van der Waals surface area contributed by atoms with Gasteiger partial charge in [-0.25, -0.2) is 0 Å². The fourth-order valence-corrected chi connectivity index (χ4v) is 6.46. The molecule has 0 aliphatic carbocycles. The SMILES string of the molecule is c1ccc(-c2nnc3n2[C@@H](CSc2nnc(NC[C@H]4CCCO4)s2)CS3)cc1. The van der Waals surface area contributed by atoms with Gasteiger partial charge in [-0.3, -0.25) is 4.57 Å². The molecule has 28 heavy (non-hydrogen) atoms. The van der Waals surface area contributed by atoms with Crippen molar-refractivity contribution >= 4 is 40.0 Å². The van der Waals surface area contributed by atoms with Gasteiger partial charge in [-0.05, 0) is 12.8 Å². The summed E-state index contributed by atoms with van der Waals surface area (Å²) in [7, 11) is 0. The van der Waals surface area contributed by atoms with Gasteiger partial charge in [-0.2, -0.15) is 0 Å². The van der Waals surface area contributed by atoms with E-state index in [1.165, 1.54) is 0 Å². The summed E-state index contributed by atoms with van der Waals surface area (Å²) in [5.41, 5.74) is 1.11. The number of thioether (sulfide) groups is 2. The number of benzene rings is 1. The number of aromatic nitrogens is 5. The van der Waals surface area contributed by atoms with Crippen molar-refractivity contribution in [2.75, 3.05) is 30.0 Å². The summed E-state index contributed by atoms with van der Waals surface area (Å²) in [6.07, 6.45) is 2.58. The first kappa shape index (κ1) is 18.4. The topological polar surface area (TPSA) is 77.8 Å². The number of hydrogen-bond acceptors (Lipinski definition) is 9. The largest absolute Gasteiger partial charge is 0.376 e. The van der Waals surface area contributed by atoms with Gasteiger partial charge in [-0.1, -0.05) is 65.2 Å². The first-order chi connectivity index (χ1) is 13.9. The van der Waals surface area contributed by atoms with Crippen molar-refractivity contribution in [3.05, 3.63) is 30.3 Å². The molecule has 4 heterocycles. The quantitative estimate of drug-likeness (QED) is 0.565. The highest BCUT2D eigenvalue weighted by atomic mass is 32.2. The van der Waals surface area contributed by atoms with Gasteiger partial charge in [0.2, 0.25) is 5.13 Å². The Kier molecular flexibility index (Phi) is 5.52. The van der Waals surface area contributed by atoms with Crippen LogP contribution in [-0.4, -0.2) is 55.7 Å². The zero-order chi connectivity index (χ0) is 18.8. The molecule has 0 saturated carbocycles. The summed E-state index contributed by atoms with van der Waals surface area (Å²) >= 11 is 5.13. The van der Waals surface area contributed by atoms with Crippen LogP contribution in [0.3, 0.4) is 0 Å². The molecule has 5 rings (SSSR count). The molecule has 10 heteroatoms. The number of nitrogens with zero attached hydrogens (tertiary/aromatic N) is 5. The second kappa shape index (κ2) is 8.40. The number of ether oxygens (including phenoxy) is 1. The molecule has 2 aliphatic rings. The van der Waals surface area contributed by atoms with Crippen LogP contribution in [0.4, 0.5) is 5.13 Å². The number of rotatable bonds is 7. The molecule has 146 valence electrons. The van der Waals surface area contributed by atoms with Gasteiger partial charge in [0.25, 0.3) is 0 Å². The van der Waals surface area contributed by atoms with Gasteiger partial charge in [0.05, 0.1) is 12.1 Å². The molecule has 0 amide bonds. The number of nitrogens with one attached hydrogen (secondary N) is 1. The molecule has 0 radical (unpaired) electrons. The minimum atomic E-state index is 0.305. The maximum absolute atomic E-state index is 5.64. The molecule has 2 aromatic heterocycles. The first-order valence-electron chi connectivity index (χ1n) is 9.32. The Balaban J connectivity index is 1.21. The van der Waals surface area contributed by atoms with E-state index >= 15 is 0 Å². The van der Waals surface area contributed by atoms with Crippen molar-refractivity contribution in [3.63, 3.8) is 0 Å². The van der Waals surface area contributed by atoms with E-state index < -0.39 is 0 Å². The van der Waals surface area contributed by atoms with E-state index in [1.807, 2.05) is 18.2 Å². The van der Waals surface area contributed by atoms with Gasteiger partial charge < -0.3 is 10.1 Å². The average Bonchev–Trinajstić information content (AvgIpc) is 3.51. The molecule has 3 aromatic rings. The van der Waals surface area contributed by atoms with Crippen molar-refractivity contribution in [3.8, 4) is 11.4 Å². The third-order valence-electron chi connectivity index (χ3n) is 4.78. The Morgan fingerprint density at radius 1 is 1.18 bits per heavy atom. The summed E-state index contributed by atoms with van der Waals surface area (Å²) in [6, 6.07) is 10.6. The molecule has 1 fully saturated rings. The molecule has 1 aromatic carbocycles. The summed E-state index contributed by atoms with van der Waals surface area (Å²) in [5, 5.41) is 22.6. The maximum Gasteiger partial charge on any atom is 0.206 e. The van der Waals surface area contributed by atoms with E-state index in [9.17, 15) is 0 Å². The Labute approximate surface area is 175 Å². The summed E-state index contributed by atoms with van der Waals surface area (Å²) in [6.45, 7) is 1.68. The van der Waals surface area contributed by atoms with Gasteiger partial charge in [0, 0.05) is 30.2 Å². The van der Waals surface area contributed by atoms with Crippen LogP contribution >= 0.6 is 34.9 Å². The molecule has 0 unspecified atom stereocenters. The summed E-state index contributed by atoms with van der Waals surface area (Å²) in [4.78, 5) is 0. The first-order valence-corrected chi connectivity index (χ1v) is 12.1. The lowest BCUT2D eigenvalue weighted by Crippen LogP contribution is -2.18. The fourth-order valence-electron chi connectivity index (χ4n) is 3.37. The molecule has 0 spiro atoms. The highest BCUT2D eigenvalue weighted by molar-refractivity contribution is 8.01. The molecule has 1 N–H and O–H groups in total. The molecule has 1 saturated heterocycles. The van der Waals surface area contributed by atoms with Crippen LogP contribution in [0.25, 0.3) is 11.4 Å². The second-order valence-corrected chi connectivity index (χ2v) is 9.94. The van der Waals surface area contributed by atoms with Gasteiger partial charge in [-0.15, -0.1) is 20.4 Å². The second-order valence-electron chi connectivity index (χ2n) is 6.71. The monoisotopic (exact) mass is 432 g/mol. The fraction of sp³-hybridized carbons (Fsp3) is 0.444. The summed E-state index contributed by atoms with van der Waals surface area (Å²) < 4.78 is 8.90. The number of hydrogen-bond donors (Lipinski definition) is 1. The van der Waals surface area contributed by atoms with Gasteiger partial charge in [0.15, 0.2) is 15.3 Å². The smallest absolute Gasteiger partial charge is 0.206 e. The van der Waals surface area contributed by atoms with Crippen LogP contribution < -0.4 is 5.32 Å². The van der Waals surface area contributed by atoms with E-state index in [4.69, 9.17) is 4.74 Å². The number of anilines is 1. The van der Waals surface area contributed by atoms with Crippen molar-refractivity contribution in [2.24, 2.45) is 0 Å². The third kappa shape index (κ3) is 3.91. The van der Waals surface area contributed by atoms with Crippen LogP contribution in [0.1, 0.15) is 18.9 Å². The normalized spacial score (nSPS) is 21.1. The van der Waals surface area contributed by atoms with E-state index in [1.54, 1.807) is 34.9 Å². The minimum Gasteiger partial charge on any atom is -0.376 e. The zero-order valence-corrected chi connectivity index (χ0v) is 17.6. The predicted octanol–water partition coefficient (Wildman–Crippen LogP) is 3.83. The Morgan fingerprint density at radius 2 is 2.11 bits per heavy atom. The van der Waals surface area contributed by atoms with Gasteiger partial charge in [0.1, 0.15) is 0 Å². The van der Waals surface area contributed by atoms with E-state index in [0.29, 0.717) is 12.1 Å². The Morgan fingerprint density at radius 3 is 2.96 bits per heavy atom. The lowest BCUT2D eigenvalue weighted by atomic mass is 10.2. The third-order valence-corrected chi connectivity index (χ3v) is 8.02. The van der Waals surface area contributed by atoms with Crippen LogP contribution in [-0.2, 0) is 4.74 Å². The van der Waals surface area contributed by atoms with E-state index in [2.05, 4.69) is 42.4 Å². The molecule has 2 aliphatic heterocycles. The van der Waals surface area contributed by atoms with E-state index in [-0.39, 0.29) is 0 Å². The number of fused-ring (bicyclic) bond motifs is 1. The van der Waals surface area contributed by atoms with Crippen LogP contribution in [0.15, 0.2) is 39.8 Å². The van der Waals surface area contributed by atoms with Crippen molar-refractivity contribution < 1.29 is 4.74 Å². The van der Waals surface area contributed by atoms with Crippen LogP contribution in [0.5, 0.6) is 0 Å². The highest BCUT2D eigenvalue weighted by Gasteiger charge is 2.28.